The first-order valence-electron chi connectivity index (χ1n) is 7.69. The molecule has 2 aliphatic rings. The van der Waals surface area contributed by atoms with Gasteiger partial charge in [-0.2, -0.15) is 0 Å². The Hall–Kier alpha value is -1.71. The first-order chi connectivity index (χ1) is 9.79. The van der Waals surface area contributed by atoms with E-state index < -0.39 is 0 Å². The summed E-state index contributed by atoms with van der Waals surface area (Å²) in [6.07, 6.45) is 4.84. The summed E-state index contributed by atoms with van der Waals surface area (Å²) >= 11 is 0. The lowest BCUT2D eigenvalue weighted by Gasteiger charge is -2.34. The minimum atomic E-state index is -0.148. The highest BCUT2D eigenvalue weighted by Gasteiger charge is 2.32. The van der Waals surface area contributed by atoms with E-state index in [1.54, 1.807) is 0 Å². The maximum Gasteiger partial charge on any atom is 0.247 e. The van der Waals surface area contributed by atoms with E-state index >= 15 is 0 Å². The number of amides is 1. The van der Waals surface area contributed by atoms with Gasteiger partial charge in [-0.05, 0) is 31.9 Å². The number of likely N-dealkylation sites (N-methyl/N-ethyl adjacent to an activating group) is 1. The van der Waals surface area contributed by atoms with Gasteiger partial charge in [-0.1, -0.05) is 25.0 Å². The number of rotatable bonds is 3. The molecule has 1 saturated carbocycles. The fourth-order valence-electron chi connectivity index (χ4n) is 3.37. The quantitative estimate of drug-likeness (QED) is 0.890. The molecule has 0 spiro atoms. The van der Waals surface area contributed by atoms with Gasteiger partial charge in [0.05, 0.1) is 11.4 Å². The lowest BCUT2D eigenvalue weighted by atomic mass is 10.1. The largest absolute Gasteiger partial charge is 0.381 e. The van der Waals surface area contributed by atoms with Crippen molar-refractivity contribution >= 4 is 17.3 Å². The van der Waals surface area contributed by atoms with E-state index in [9.17, 15) is 4.79 Å². The van der Waals surface area contributed by atoms with Gasteiger partial charge in [0.2, 0.25) is 5.91 Å². The van der Waals surface area contributed by atoms with Crippen molar-refractivity contribution in [2.24, 2.45) is 0 Å². The van der Waals surface area contributed by atoms with Crippen LogP contribution in [0.5, 0.6) is 0 Å². The molecule has 4 heteroatoms. The van der Waals surface area contributed by atoms with Gasteiger partial charge in [-0.25, -0.2) is 0 Å². The molecule has 4 nitrogen and oxygen atoms in total. The van der Waals surface area contributed by atoms with Gasteiger partial charge in [-0.15, -0.1) is 0 Å². The molecule has 0 bridgehead atoms. The van der Waals surface area contributed by atoms with Crippen LogP contribution >= 0.6 is 0 Å². The van der Waals surface area contributed by atoms with Crippen LogP contribution in [0.25, 0.3) is 0 Å². The standard InChI is InChI=1S/C16H23N3O/c1-2-19(12-7-3-4-8-12)16(20)15-11-17-13-9-5-6-10-14(13)18-15/h5-6,9-10,12,15,17-18H,2-4,7-8,11H2,1H3. The topological polar surface area (TPSA) is 44.4 Å². The molecule has 1 heterocycles. The van der Waals surface area contributed by atoms with E-state index in [-0.39, 0.29) is 11.9 Å². The Morgan fingerprint density at radius 3 is 2.65 bits per heavy atom. The monoisotopic (exact) mass is 273 g/mol. The molecule has 108 valence electrons. The van der Waals surface area contributed by atoms with Crippen LogP contribution in [-0.2, 0) is 4.79 Å². The zero-order valence-corrected chi connectivity index (χ0v) is 12.1. The molecule has 3 rings (SSSR count). The van der Waals surface area contributed by atoms with E-state index in [4.69, 9.17) is 0 Å². The first kappa shape index (κ1) is 13.3. The van der Waals surface area contributed by atoms with Crippen LogP contribution in [0.15, 0.2) is 24.3 Å². The second kappa shape index (κ2) is 5.73. The average molecular weight is 273 g/mol. The van der Waals surface area contributed by atoms with Crippen molar-refractivity contribution in [1.82, 2.24) is 4.90 Å². The first-order valence-corrected chi connectivity index (χ1v) is 7.69. The number of hydrogen-bond donors (Lipinski definition) is 2. The Balaban J connectivity index is 1.71. The van der Waals surface area contributed by atoms with Crippen LogP contribution in [0.2, 0.25) is 0 Å². The summed E-state index contributed by atoms with van der Waals surface area (Å²) in [6, 6.07) is 8.36. The van der Waals surface area contributed by atoms with Crippen molar-refractivity contribution in [3.8, 4) is 0 Å². The van der Waals surface area contributed by atoms with Gasteiger partial charge in [-0.3, -0.25) is 4.79 Å². The summed E-state index contributed by atoms with van der Waals surface area (Å²) in [5, 5.41) is 6.73. The molecule has 1 amide bonds. The van der Waals surface area contributed by atoms with Crippen molar-refractivity contribution in [2.45, 2.75) is 44.7 Å². The Morgan fingerprint density at radius 1 is 1.25 bits per heavy atom. The van der Waals surface area contributed by atoms with Crippen LogP contribution in [0.4, 0.5) is 11.4 Å². The highest BCUT2D eigenvalue weighted by atomic mass is 16.2. The van der Waals surface area contributed by atoms with Gasteiger partial charge < -0.3 is 15.5 Å². The van der Waals surface area contributed by atoms with Gasteiger partial charge in [0, 0.05) is 19.1 Å². The highest BCUT2D eigenvalue weighted by molar-refractivity contribution is 5.88. The predicted octanol–water partition coefficient (Wildman–Crippen LogP) is 2.68. The third-order valence-corrected chi connectivity index (χ3v) is 4.44. The number of carbonyl (C=O) groups is 1. The van der Waals surface area contributed by atoms with E-state index in [2.05, 4.69) is 22.5 Å². The molecule has 1 unspecified atom stereocenters. The number of carbonyl (C=O) groups excluding carboxylic acids is 1. The Bertz CT molecular complexity index is 482. The molecule has 0 aromatic heterocycles. The number of benzene rings is 1. The average Bonchev–Trinajstić information content (AvgIpc) is 3.01. The molecule has 0 saturated heterocycles. The summed E-state index contributed by atoms with van der Waals surface area (Å²) in [4.78, 5) is 14.8. The molecule has 1 aliphatic heterocycles. The Kier molecular flexibility index (Phi) is 3.81. The second-order valence-corrected chi connectivity index (χ2v) is 5.69. The van der Waals surface area contributed by atoms with Crippen LogP contribution in [0, 0.1) is 0 Å². The third-order valence-electron chi connectivity index (χ3n) is 4.44. The van der Waals surface area contributed by atoms with Crippen molar-refractivity contribution in [3.05, 3.63) is 24.3 Å². The zero-order chi connectivity index (χ0) is 13.9. The molecule has 2 N–H and O–H groups in total. The maximum absolute atomic E-state index is 12.7. The van der Waals surface area contributed by atoms with Crippen LogP contribution in [0.3, 0.4) is 0 Å². The molecular formula is C16H23N3O. The molecule has 1 aromatic rings. The van der Waals surface area contributed by atoms with Gasteiger partial charge >= 0.3 is 0 Å². The van der Waals surface area contributed by atoms with Crippen molar-refractivity contribution in [2.75, 3.05) is 23.7 Å². The molecule has 1 aliphatic carbocycles. The maximum atomic E-state index is 12.7. The second-order valence-electron chi connectivity index (χ2n) is 5.69. The fourth-order valence-corrected chi connectivity index (χ4v) is 3.37. The minimum absolute atomic E-state index is 0.148. The predicted molar refractivity (Wildman–Crippen MR) is 82.0 cm³/mol. The summed E-state index contributed by atoms with van der Waals surface area (Å²) < 4.78 is 0. The number of fused-ring (bicyclic) bond motifs is 1. The number of para-hydroxylation sites is 2. The van der Waals surface area contributed by atoms with Gasteiger partial charge in [0.1, 0.15) is 6.04 Å². The number of nitrogens with zero attached hydrogens (tertiary/aromatic N) is 1. The Labute approximate surface area is 120 Å². The molecule has 1 fully saturated rings. The molecule has 20 heavy (non-hydrogen) atoms. The van der Waals surface area contributed by atoms with E-state index in [1.165, 1.54) is 12.8 Å². The van der Waals surface area contributed by atoms with Crippen molar-refractivity contribution in [1.29, 1.82) is 0 Å². The smallest absolute Gasteiger partial charge is 0.247 e. The number of hydrogen-bond acceptors (Lipinski definition) is 3. The zero-order valence-electron chi connectivity index (χ0n) is 12.1. The summed E-state index contributed by atoms with van der Waals surface area (Å²) in [5.41, 5.74) is 2.11. The van der Waals surface area contributed by atoms with Gasteiger partial charge in [0.15, 0.2) is 0 Å². The number of anilines is 2. The number of nitrogens with one attached hydrogen (secondary N) is 2. The molecular weight excluding hydrogens is 250 g/mol. The molecule has 1 atom stereocenters. The fraction of sp³-hybridized carbons (Fsp3) is 0.562. The van der Waals surface area contributed by atoms with E-state index in [0.29, 0.717) is 12.6 Å². The van der Waals surface area contributed by atoms with Crippen molar-refractivity contribution in [3.63, 3.8) is 0 Å². The van der Waals surface area contributed by atoms with Crippen LogP contribution in [-0.4, -0.2) is 36.0 Å². The van der Waals surface area contributed by atoms with E-state index in [0.717, 1.165) is 30.8 Å². The lowest BCUT2D eigenvalue weighted by molar-refractivity contribution is -0.133. The summed E-state index contributed by atoms with van der Waals surface area (Å²) in [7, 11) is 0. The normalized spacial score (nSPS) is 21.8. The van der Waals surface area contributed by atoms with E-state index in [1.807, 2.05) is 24.3 Å². The minimum Gasteiger partial charge on any atom is -0.381 e. The lowest BCUT2D eigenvalue weighted by Crippen LogP contribution is -2.51. The third kappa shape index (κ3) is 2.47. The molecule has 1 aromatic carbocycles. The summed E-state index contributed by atoms with van der Waals surface area (Å²) in [6.45, 7) is 3.56. The highest BCUT2D eigenvalue weighted by Crippen LogP contribution is 2.28. The van der Waals surface area contributed by atoms with Crippen LogP contribution in [0.1, 0.15) is 32.6 Å². The molecule has 0 radical (unpaired) electrons. The van der Waals surface area contributed by atoms with Crippen molar-refractivity contribution < 1.29 is 4.79 Å². The Morgan fingerprint density at radius 2 is 1.95 bits per heavy atom. The summed E-state index contributed by atoms with van der Waals surface area (Å²) in [5.74, 6) is 0.237. The van der Waals surface area contributed by atoms with Gasteiger partial charge in [0.25, 0.3) is 0 Å². The SMILES string of the molecule is CCN(C(=O)C1CNc2ccccc2N1)C1CCCC1. The van der Waals surface area contributed by atoms with Crippen LogP contribution < -0.4 is 10.6 Å².